The number of aryl methyl sites for hydroxylation is 1. The van der Waals surface area contributed by atoms with E-state index in [-0.39, 0.29) is 18.8 Å². The molecule has 0 aliphatic carbocycles. The maximum atomic E-state index is 12.9. The Morgan fingerprint density at radius 3 is 2.57 bits per heavy atom. The quantitative estimate of drug-likeness (QED) is 0.617. The lowest BCUT2D eigenvalue weighted by Crippen LogP contribution is -2.36. The van der Waals surface area contributed by atoms with E-state index in [4.69, 9.17) is 15.9 Å². The Morgan fingerprint density at radius 2 is 1.89 bits per heavy atom. The highest BCUT2D eigenvalue weighted by Crippen LogP contribution is 2.28. The first-order valence-electron chi connectivity index (χ1n) is 8.97. The van der Waals surface area contributed by atoms with Crippen molar-refractivity contribution in [2.24, 2.45) is 0 Å². The molecule has 1 atom stereocenters. The average Bonchev–Trinajstić information content (AvgIpc) is 2.71. The Bertz CT molecular complexity index is 814. The minimum absolute atomic E-state index is 0.154. The first kappa shape index (κ1) is 21.3. The van der Waals surface area contributed by atoms with Gasteiger partial charge in [-0.25, -0.2) is 4.39 Å². The molecule has 0 aromatic heterocycles. The van der Waals surface area contributed by atoms with Gasteiger partial charge in [0.15, 0.2) is 11.5 Å². The van der Waals surface area contributed by atoms with Gasteiger partial charge < -0.3 is 19.9 Å². The number of aliphatic hydroxyl groups excluding tert-OH is 1. The largest absolute Gasteiger partial charge is 0.493 e. The van der Waals surface area contributed by atoms with Crippen LogP contribution in [0.15, 0.2) is 42.5 Å². The van der Waals surface area contributed by atoms with Crippen LogP contribution in [0.4, 0.5) is 4.39 Å². The summed E-state index contributed by atoms with van der Waals surface area (Å²) in [5.74, 6) is 2.79. The molecule has 2 rings (SSSR count). The monoisotopic (exact) mass is 385 g/mol. The van der Waals surface area contributed by atoms with Crippen LogP contribution in [0.3, 0.4) is 0 Å². The van der Waals surface area contributed by atoms with Gasteiger partial charge in [0, 0.05) is 6.54 Å². The molecule has 2 N–H and O–H groups in total. The number of terminal acetylenes is 1. The summed E-state index contributed by atoms with van der Waals surface area (Å²) < 4.78 is 23.6. The van der Waals surface area contributed by atoms with E-state index in [0.29, 0.717) is 30.9 Å². The smallest absolute Gasteiger partial charge is 0.248 e. The molecule has 0 aliphatic heterocycles. The molecular weight excluding hydrogens is 361 g/mol. The number of rotatable bonds is 10. The van der Waals surface area contributed by atoms with Crippen LogP contribution in [0.5, 0.6) is 11.5 Å². The van der Waals surface area contributed by atoms with Crippen LogP contribution in [0.1, 0.15) is 17.5 Å². The highest BCUT2D eigenvalue weighted by atomic mass is 19.1. The summed E-state index contributed by atoms with van der Waals surface area (Å²) >= 11 is 0. The Morgan fingerprint density at radius 1 is 1.18 bits per heavy atom. The molecule has 148 valence electrons. The van der Waals surface area contributed by atoms with Crippen molar-refractivity contribution in [2.45, 2.75) is 25.4 Å². The third-order valence-corrected chi connectivity index (χ3v) is 4.17. The number of ether oxygens (including phenoxy) is 2. The molecule has 0 saturated carbocycles. The maximum Gasteiger partial charge on any atom is 0.248 e. The molecular formula is C22H24FNO4. The van der Waals surface area contributed by atoms with Crippen LogP contribution in [-0.4, -0.2) is 37.4 Å². The third kappa shape index (κ3) is 6.60. The van der Waals surface area contributed by atoms with E-state index in [0.717, 1.165) is 11.1 Å². The van der Waals surface area contributed by atoms with E-state index < -0.39 is 12.0 Å². The summed E-state index contributed by atoms with van der Waals surface area (Å²) in [6.45, 7) is 0.529. The molecule has 0 unspecified atom stereocenters. The van der Waals surface area contributed by atoms with Crippen LogP contribution in [0, 0.1) is 18.2 Å². The van der Waals surface area contributed by atoms with Gasteiger partial charge in [0.1, 0.15) is 18.5 Å². The molecule has 0 aliphatic rings. The van der Waals surface area contributed by atoms with Crippen molar-refractivity contribution in [3.63, 3.8) is 0 Å². The third-order valence-electron chi connectivity index (χ3n) is 4.17. The van der Waals surface area contributed by atoms with E-state index in [2.05, 4.69) is 11.2 Å². The van der Waals surface area contributed by atoms with Crippen LogP contribution in [0.25, 0.3) is 0 Å². The molecule has 0 heterocycles. The van der Waals surface area contributed by atoms with Gasteiger partial charge in [-0.15, -0.1) is 6.42 Å². The lowest BCUT2D eigenvalue weighted by atomic mass is 10.1. The zero-order valence-corrected chi connectivity index (χ0v) is 15.8. The molecule has 1 amide bonds. The molecule has 28 heavy (non-hydrogen) atoms. The Labute approximate surface area is 164 Å². The van der Waals surface area contributed by atoms with Gasteiger partial charge in [0.2, 0.25) is 5.91 Å². The molecule has 2 aromatic rings. The molecule has 0 saturated heterocycles. The number of halogens is 1. The minimum Gasteiger partial charge on any atom is -0.493 e. The summed E-state index contributed by atoms with van der Waals surface area (Å²) in [4.78, 5) is 12.0. The maximum absolute atomic E-state index is 12.9. The number of carbonyl (C=O) groups excluding carboxylic acids is 1. The second kappa shape index (κ2) is 11.0. The van der Waals surface area contributed by atoms with Crippen molar-refractivity contribution in [2.75, 3.05) is 20.3 Å². The number of benzene rings is 2. The summed E-state index contributed by atoms with van der Waals surface area (Å²) in [5.41, 5.74) is 1.82. The standard InChI is InChI=1S/C22H24FNO4/c1-3-14-28-20-11-7-17(15-21(20)27-2)12-13-24-22(26)19(25)10-6-16-4-8-18(23)9-5-16/h1,4-5,7-9,11,15,19,25H,6,10,12-14H2,2H3,(H,24,26)/t19-/m1/s1. The second-order valence-corrected chi connectivity index (χ2v) is 6.20. The van der Waals surface area contributed by atoms with Crippen LogP contribution >= 0.6 is 0 Å². The Kier molecular flexibility index (Phi) is 8.32. The highest BCUT2D eigenvalue weighted by Gasteiger charge is 2.14. The van der Waals surface area contributed by atoms with E-state index in [1.807, 2.05) is 12.1 Å². The second-order valence-electron chi connectivity index (χ2n) is 6.20. The molecule has 0 spiro atoms. The summed E-state index contributed by atoms with van der Waals surface area (Å²) in [6.07, 6.45) is 5.41. The lowest BCUT2D eigenvalue weighted by molar-refractivity contribution is -0.129. The fraction of sp³-hybridized carbons (Fsp3) is 0.318. The number of carbonyl (C=O) groups is 1. The van der Waals surface area contributed by atoms with E-state index in [1.165, 1.54) is 12.1 Å². The first-order chi connectivity index (χ1) is 13.5. The molecule has 2 aromatic carbocycles. The highest BCUT2D eigenvalue weighted by molar-refractivity contribution is 5.80. The first-order valence-corrected chi connectivity index (χ1v) is 8.97. The summed E-state index contributed by atoms with van der Waals surface area (Å²) in [6, 6.07) is 11.5. The number of aliphatic hydroxyl groups is 1. The van der Waals surface area contributed by atoms with Crippen molar-refractivity contribution >= 4 is 5.91 Å². The predicted molar refractivity (Wildman–Crippen MR) is 105 cm³/mol. The minimum atomic E-state index is -1.11. The van der Waals surface area contributed by atoms with Crippen molar-refractivity contribution in [3.8, 4) is 23.8 Å². The van der Waals surface area contributed by atoms with Gasteiger partial charge >= 0.3 is 0 Å². The topological polar surface area (TPSA) is 67.8 Å². The number of hydrogen-bond acceptors (Lipinski definition) is 4. The number of methoxy groups -OCH3 is 1. The van der Waals surface area contributed by atoms with Crippen LogP contribution in [0.2, 0.25) is 0 Å². The SMILES string of the molecule is C#CCOc1ccc(CCNC(=O)[C@H](O)CCc2ccc(F)cc2)cc1OC. The molecule has 6 heteroatoms. The summed E-state index contributed by atoms with van der Waals surface area (Å²) in [7, 11) is 1.54. The number of hydrogen-bond donors (Lipinski definition) is 2. The fourth-order valence-electron chi connectivity index (χ4n) is 2.64. The molecule has 0 fully saturated rings. The van der Waals surface area contributed by atoms with Gasteiger partial charge in [0.25, 0.3) is 0 Å². The van der Waals surface area contributed by atoms with E-state index in [1.54, 1.807) is 25.3 Å². The van der Waals surface area contributed by atoms with E-state index >= 15 is 0 Å². The molecule has 0 bridgehead atoms. The Hall–Kier alpha value is -3.04. The fourth-order valence-corrected chi connectivity index (χ4v) is 2.64. The normalized spacial score (nSPS) is 11.4. The van der Waals surface area contributed by atoms with Crippen LogP contribution < -0.4 is 14.8 Å². The molecule has 0 radical (unpaired) electrons. The number of nitrogens with one attached hydrogen (secondary N) is 1. The molecule has 5 nitrogen and oxygen atoms in total. The Balaban J connectivity index is 1.77. The van der Waals surface area contributed by atoms with Gasteiger partial charge in [-0.05, 0) is 54.7 Å². The zero-order chi connectivity index (χ0) is 20.4. The van der Waals surface area contributed by atoms with Crippen molar-refractivity contribution in [1.29, 1.82) is 0 Å². The van der Waals surface area contributed by atoms with Crippen LogP contribution in [-0.2, 0) is 17.6 Å². The summed E-state index contributed by atoms with van der Waals surface area (Å²) in [5, 5.41) is 12.7. The van der Waals surface area contributed by atoms with Crippen molar-refractivity contribution in [1.82, 2.24) is 5.32 Å². The zero-order valence-electron chi connectivity index (χ0n) is 15.8. The van der Waals surface area contributed by atoms with Crippen molar-refractivity contribution < 1.29 is 23.8 Å². The number of amides is 1. The van der Waals surface area contributed by atoms with Gasteiger partial charge in [-0.2, -0.15) is 0 Å². The lowest BCUT2D eigenvalue weighted by Gasteiger charge is -2.13. The van der Waals surface area contributed by atoms with Gasteiger partial charge in [-0.1, -0.05) is 24.1 Å². The van der Waals surface area contributed by atoms with Gasteiger partial charge in [-0.3, -0.25) is 4.79 Å². The van der Waals surface area contributed by atoms with Gasteiger partial charge in [0.05, 0.1) is 7.11 Å². The van der Waals surface area contributed by atoms with E-state index in [9.17, 15) is 14.3 Å². The van der Waals surface area contributed by atoms with Crippen molar-refractivity contribution in [3.05, 3.63) is 59.4 Å². The average molecular weight is 385 g/mol. The predicted octanol–water partition coefficient (Wildman–Crippen LogP) is 2.50.